The lowest BCUT2D eigenvalue weighted by Gasteiger charge is -2.18. The highest BCUT2D eigenvalue weighted by Gasteiger charge is 2.11. The quantitative estimate of drug-likeness (QED) is 0.850. The van der Waals surface area contributed by atoms with Crippen LogP contribution in [0.3, 0.4) is 0 Å². The second kappa shape index (κ2) is 7.29. The third-order valence-corrected chi connectivity index (χ3v) is 3.50. The smallest absolute Gasteiger partial charge is 0.123 e. The van der Waals surface area contributed by atoms with Gasteiger partial charge in [0, 0.05) is 24.2 Å². The molecule has 2 aromatic rings. The van der Waals surface area contributed by atoms with Gasteiger partial charge in [0.05, 0.1) is 13.7 Å². The molecule has 0 aliphatic heterocycles. The lowest BCUT2D eigenvalue weighted by molar-refractivity contribution is 0.307. The van der Waals surface area contributed by atoms with Gasteiger partial charge in [-0.25, -0.2) is 0 Å². The molecule has 21 heavy (non-hydrogen) atoms. The van der Waals surface area contributed by atoms with Crippen LogP contribution >= 0.6 is 0 Å². The van der Waals surface area contributed by atoms with Crippen molar-refractivity contribution in [2.45, 2.75) is 26.6 Å². The molecule has 0 bridgehead atoms. The maximum atomic E-state index is 5.74. The SMILES string of the molecule is CNCc1cc(CN(C)Cc2ccccc2OC)c(C)o1. The summed E-state index contributed by atoms with van der Waals surface area (Å²) in [6, 6.07) is 10.3. The number of methoxy groups -OCH3 is 1. The summed E-state index contributed by atoms with van der Waals surface area (Å²) >= 11 is 0. The van der Waals surface area contributed by atoms with Crippen molar-refractivity contribution >= 4 is 0 Å². The van der Waals surface area contributed by atoms with Gasteiger partial charge in [-0.05, 0) is 33.2 Å². The molecule has 4 nitrogen and oxygen atoms in total. The number of hydrogen-bond donors (Lipinski definition) is 1. The fraction of sp³-hybridized carbons (Fsp3) is 0.412. The molecule has 0 aliphatic carbocycles. The average molecular weight is 288 g/mol. The van der Waals surface area contributed by atoms with Crippen LogP contribution in [0.5, 0.6) is 5.75 Å². The number of rotatable bonds is 7. The van der Waals surface area contributed by atoms with E-state index in [2.05, 4.69) is 29.4 Å². The summed E-state index contributed by atoms with van der Waals surface area (Å²) in [6.45, 7) is 4.48. The Morgan fingerprint density at radius 3 is 2.62 bits per heavy atom. The number of ether oxygens (including phenoxy) is 1. The minimum absolute atomic E-state index is 0.761. The van der Waals surface area contributed by atoms with E-state index in [9.17, 15) is 0 Å². The molecule has 0 atom stereocenters. The van der Waals surface area contributed by atoms with E-state index in [1.807, 2.05) is 32.2 Å². The Kier molecular flexibility index (Phi) is 5.42. The summed E-state index contributed by atoms with van der Waals surface area (Å²) in [4.78, 5) is 2.26. The minimum atomic E-state index is 0.761. The number of nitrogens with zero attached hydrogens (tertiary/aromatic N) is 1. The monoisotopic (exact) mass is 288 g/mol. The Morgan fingerprint density at radius 2 is 1.90 bits per heavy atom. The molecule has 0 fully saturated rings. The van der Waals surface area contributed by atoms with Crippen molar-refractivity contribution in [3.05, 3.63) is 53.0 Å². The van der Waals surface area contributed by atoms with Gasteiger partial charge >= 0.3 is 0 Å². The van der Waals surface area contributed by atoms with Gasteiger partial charge in [0.1, 0.15) is 17.3 Å². The van der Waals surface area contributed by atoms with Crippen molar-refractivity contribution in [1.82, 2.24) is 10.2 Å². The molecule has 1 heterocycles. The molecular weight excluding hydrogens is 264 g/mol. The van der Waals surface area contributed by atoms with Gasteiger partial charge in [-0.1, -0.05) is 18.2 Å². The Balaban J connectivity index is 2.02. The summed E-state index contributed by atoms with van der Waals surface area (Å²) in [7, 11) is 5.74. The van der Waals surface area contributed by atoms with Crippen LogP contribution in [0.1, 0.15) is 22.6 Å². The molecule has 1 aromatic heterocycles. The molecule has 0 aliphatic rings. The Bertz CT molecular complexity index is 578. The predicted octanol–water partition coefficient (Wildman–Crippen LogP) is 2.95. The van der Waals surface area contributed by atoms with Crippen LogP contribution < -0.4 is 10.1 Å². The van der Waals surface area contributed by atoms with Gasteiger partial charge in [0.2, 0.25) is 0 Å². The van der Waals surface area contributed by atoms with Crippen molar-refractivity contribution in [3.63, 3.8) is 0 Å². The Morgan fingerprint density at radius 1 is 1.19 bits per heavy atom. The largest absolute Gasteiger partial charge is 0.496 e. The zero-order valence-electron chi connectivity index (χ0n) is 13.3. The van der Waals surface area contributed by atoms with Crippen LogP contribution in [0.4, 0.5) is 0 Å². The summed E-state index contributed by atoms with van der Waals surface area (Å²) in [5.74, 6) is 2.91. The molecule has 1 N–H and O–H groups in total. The molecule has 0 amide bonds. The zero-order chi connectivity index (χ0) is 15.2. The third kappa shape index (κ3) is 4.09. The van der Waals surface area contributed by atoms with Gasteiger partial charge in [0.25, 0.3) is 0 Å². The van der Waals surface area contributed by atoms with Gasteiger partial charge in [-0.3, -0.25) is 4.90 Å². The maximum absolute atomic E-state index is 5.74. The van der Waals surface area contributed by atoms with Crippen LogP contribution in [0.15, 0.2) is 34.7 Å². The fourth-order valence-electron chi connectivity index (χ4n) is 2.48. The number of benzene rings is 1. The molecule has 0 saturated heterocycles. The number of nitrogens with one attached hydrogen (secondary N) is 1. The Hall–Kier alpha value is -1.78. The van der Waals surface area contributed by atoms with E-state index in [1.54, 1.807) is 7.11 Å². The predicted molar refractivity (Wildman–Crippen MR) is 84.4 cm³/mol. The number of para-hydroxylation sites is 1. The molecule has 4 heteroatoms. The summed E-state index contributed by atoms with van der Waals surface area (Å²) in [5, 5.41) is 3.11. The topological polar surface area (TPSA) is 37.6 Å². The molecule has 0 radical (unpaired) electrons. The first-order valence-corrected chi connectivity index (χ1v) is 7.17. The highest BCUT2D eigenvalue weighted by Crippen LogP contribution is 2.21. The first kappa shape index (κ1) is 15.6. The summed E-state index contributed by atoms with van der Waals surface area (Å²) < 4.78 is 11.1. The van der Waals surface area contributed by atoms with Crippen molar-refractivity contribution in [2.24, 2.45) is 0 Å². The van der Waals surface area contributed by atoms with Crippen molar-refractivity contribution < 1.29 is 9.15 Å². The number of hydrogen-bond acceptors (Lipinski definition) is 4. The third-order valence-electron chi connectivity index (χ3n) is 3.50. The second-order valence-electron chi connectivity index (χ2n) is 5.31. The fourth-order valence-corrected chi connectivity index (χ4v) is 2.48. The van der Waals surface area contributed by atoms with Crippen LogP contribution in [0.2, 0.25) is 0 Å². The minimum Gasteiger partial charge on any atom is -0.496 e. The van der Waals surface area contributed by atoms with E-state index in [-0.39, 0.29) is 0 Å². The molecule has 1 aromatic carbocycles. The molecule has 0 unspecified atom stereocenters. The average Bonchev–Trinajstić information content (AvgIpc) is 2.79. The number of furan rings is 1. The Labute approximate surface area is 126 Å². The van der Waals surface area contributed by atoms with Gasteiger partial charge in [0.15, 0.2) is 0 Å². The van der Waals surface area contributed by atoms with Crippen LogP contribution in [0, 0.1) is 6.92 Å². The standard InChI is InChI=1S/C17H24N2O2/c1-13-15(9-16(21-13)10-18-2)12-19(3)11-14-7-5-6-8-17(14)20-4/h5-9,18H,10-12H2,1-4H3. The summed E-state index contributed by atoms with van der Waals surface area (Å²) in [6.07, 6.45) is 0. The van der Waals surface area contributed by atoms with Gasteiger partial charge in [-0.2, -0.15) is 0 Å². The van der Waals surface area contributed by atoms with E-state index in [0.717, 1.165) is 36.9 Å². The van der Waals surface area contributed by atoms with E-state index in [0.29, 0.717) is 0 Å². The lowest BCUT2D eigenvalue weighted by Crippen LogP contribution is -2.17. The normalized spacial score (nSPS) is 11.1. The van der Waals surface area contributed by atoms with Crippen molar-refractivity contribution in [2.75, 3.05) is 21.2 Å². The number of aryl methyl sites for hydroxylation is 1. The maximum Gasteiger partial charge on any atom is 0.123 e. The highest BCUT2D eigenvalue weighted by atomic mass is 16.5. The van der Waals surface area contributed by atoms with E-state index in [1.165, 1.54) is 11.1 Å². The zero-order valence-corrected chi connectivity index (χ0v) is 13.3. The van der Waals surface area contributed by atoms with Crippen molar-refractivity contribution in [1.29, 1.82) is 0 Å². The van der Waals surface area contributed by atoms with E-state index < -0.39 is 0 Å². The highest BCUT2D eigenvalue weighted by molar-refractivity contribution is 5.33. The first-order chi connectivity index (χ1) is 10.1. The van der Waals surface area contributed by atoms with Crippen LogP contribution in [-0.4, -0.2) is 26.1 Å². The lowest BCUT2D eigenvalue weighted by atomic mass is 10.1. The van der Waals surface area contributed by atoms with Gasteiger partial charge in [-0.15, -0.1) is 0 Å². The van der Waals surface area contributed by atoms with Crippen LogP contribution in [0.25, 0.3) is 0 Å². The second-order valence-corrected chi connectivity index (χ2v) is 5.31. The molecule has 0 spiro atoms. The first-order valence-electron chi connectivity index (χ1n) is 7.17. The molecule has 2 rings (SSSR count). The van der Waals surface area contributed by atoms with Crippen LogP contribution in [-0.2, 0) is 19.6 Å². The summed E-state index contributed by atoms with van der Waals surface area (Å²) in [5.41, 5.74) is 2.43. The van der Waals surface area contributed by atoms with Crippen molar-refractivity contribution in [3.8, 4) is 5.75 Å². The molecule has 0 saturated carbocycles. The van der Waals surface area contributed by atoms with E-state index >= 15 is 0 Å². The molecular formula is C17H24N2O2. The molecule has 114 valence electrons. The van der Waals surface area contributed by atoms with Gasteiger partial charge < -0.3 is 14.5 Å². The van der Waals surface area contributed by atoms with E-state index in [4.69, 9.17) is 9.15 Å².